The zero-order valence-corrected chi connectivity index (χ0v) is 11.4. The van der Waals surface area contributed by atoms with E-state index in [1.807, 2.05) is 12.1 Å². The molecule has 0 aliphatic carbocycles. The average Bonchev–Trinajstić information content (AvgIpc) is 2.38. The van der Waals surface area contributed by atoms with E-state index in [0.29, 0.717) is 19.6 Å². The van der Waals surface area contributed by atoms with Gasteiger partial charge < -0.3 is 10.1 Å². The monoisotopic (exact) mass is 249 g/mol. The summed E-state index contributed by atoms with van der Waals surface area (Å²) in [7, 11) is 0. The number of rotatable bonds is 8. The van der Waals surface area contributed by atoms with Gasteiger partial charge in [0.25, 0.3) is 0 Å². The van der Waals surface area contributed by atoms with E-state index in [4.69, 9.17) is 4.74 Å². The van der Waals surface area contributed by atoms with Crippen LogP contribution in [0, 0.1) is 6.92 Å². The van der Waals surface area contributed by atoms with Gasteiger partial charge >= 0.3 is 5.97 Å². The van der Waals surface area contributed by atoms with Gasteiger partial charge in [0.1, 0.15) is 6.61 Å². The maximum absolute atomic E-state index is 11.2. The number of carbonyl (C=O) groups is 1. The highest BCUT2D eigenvalue weighted by molar-refractivity contribution is 5.69. The van der Waals surface area contributed by atoms with E-state index in [9.17, 15) is 4.79 Å². The largest absolute Gasteiger partial charge is 0.464 e. The van der Waals surface area contributed by atoms with Gasteiger partial charge in [-0.25, -0.2) is 0 Å². The van der Waals surface area contributed by atoms with Crippen LogP contribution in [0.5, 0.6) is 0 Å². The van der Waals surface area contributed by atoms with E-state index < -0.39 is 0 Å². The number of ether oxygens (including phenoxy) is 1. The molecule has 0 aliphatic heterocycles. The second-order valence-electron chi connectivity index (χ2n) is 4.43. The number of benzene rings is 1. The second kappa shape index (κ2) is 8.70. The van der Waals surface area contributed by atoms with Gasteiger partial charge in [-0.05, 0) is 24.5 Å². The zero-order chi connectivity index (χ0) is 13.2. The first kappa shape index (κ1) is 14.7. The molecule has 1 aromatic rings. The first-order valence-corrected chi connectivity index (χ1v) is 6.65. The van der Waals surface area contributed by atoms with Crippen LogP contribution in [-0.2, 0) is 16.1 Å². The Hall–Kier alpha value is -1.35. The first-order chi connectivity index (χ1) is 8.74. The lowest BCUT2D eigenvalue weighted by molar-refractivity contribution is -0.143. The second-order valence-corrected chi connectivity index (χ2v) is 4.43. The highest BCUT2D eigenvalue weighted by Crippen LogP contribution is 2.05. The third-order valence-electron chi connectivity index (χ3n) is 2.85. The summed E-state index contributed by atoms with van der Waals surface area (Å²) in [5, 5.41) is 3.28. The predicted octanol–water partition coefficient (Wildman–Crippen LogP) is 2.82. The molecule has 0 saturated heterocycles. The smallest absolute Gasteiger partial charge is 0.305 e. The van der Waals surface area contributed by atoms with E-state index in [2.05, 4.69) is 31.3 Å². The van der Waals surface area contributed by atoms with Crippen molar-refractivity contribution >= 4 is 5.97 Å². The topological polar surface area (TPSA) is 38.3 Å². The number of aryl methyl sites for hydroxylation is 1. The molecule has 0 fully saturated rings. The van der Waals surface area contributed by atoms with Gasteiger partial charge in [0, 0.05) is 19.5 Å². The van der Waals surface area contributed by atoms with Crippen molar-refractivity contribution in [1.29, 1.82) is 0 Å². The summed E-state index contributed by atoms with van der Waals surface area (Å²) >= 11 is 0. The molecule has 0 radical (unpaired) electrons. The fourth-order valence-corrected chi connectivity index (χ4v) is 1.66. The maximum atomic E-state index is 11.2. The minimum Gasteiger partial charge on any atom is -0.464 e. The summed E-state index contributed by atoms with van der Waals surface area (Å²) < 4.78 is 5.11. The molecule has 0 spiro atoms. The lowest BCUT2D eigenvalue weighted by Gasteiger charge is -2.08. The molecule has 1 aromatic carbocycles. The summed E-state index contributed by atoms with van der Waals surface area (Å²) in [5.41, 5.74) is 2.57. The van der Waals surface area contributed by atoms with E-state index >= 15 is 0 Å². The molecule has 0 aliphatic rings. The van der Waals surface area contributed by atoms with Gasteiger partial charge in [-0.1, -0.05) is 37.6 Å². The molecular formula is C15H23NO2. The lowest BCUT2D eigenvalue weighted by Crippen LogP contribution is -2.21. The Morgan fingerprint density at radius 3 is 2.83 bits per heavy atom. The molecule has 100 valence electrons. The van der Waals surface area contributed by atoms with Gasteiger partial charge in [0.15, 0.2) is 0 Å². The molecule has 0 aromatic heterocycles. The van der Waals surface area contributed by atoms with Crippen molar-refractivity contribution in [3.63, 3.8) is 0 Å². The minimum absolute atomic E-state index is 0.0884. The van der Waals surface area contributed by atoms with Crippen molar-refractivity contribution in [1.82, 2.24) is 5.32 Å². The van der Waals surface area contributed by atoms with Crippen LogP contribution in [0.1, 0.15) is 37.3 Å². The summed E-state index contributed by atoms with van der Waals surface area (Å²) in [6, 6.07) is 8.28. The third kappa shape index (κ3) is 5.82. The molecule has 1 rings (SSSR count). The van der Waals surface area contributed by atoms with Gasteiger partial charge in [0.05, 0.1) is 0 Å². The van der Waals surface area contributed by atoms with Crippen LogP contribution in [-0.4, -0.2) is 19.1 Å². The number of unbranched alkanes of at least 4 members (excludes halogenated alkanes) is 1. The molecule has 0 amide bonds. The Morgan fingerprint density at radius 2 is 2.11 bits per heavy atom. The standard InChI is InChI=1S/C15H23NO2/c1-3-4-9-15(17)18-11-10-16-12-14-8-6-5-7-13(14)2/h5-8,16H,3-4,9-12H2,1-2H3. The van der Waals surface area contributed by atoms with Crippen LogP contribution in [0.2, 0.25) is 0 Å². The third-order valence-corrected chi connectivity index (χ3v) is 2.85. The van der Waals surface area contributed by atoms with Crippen molar-refractivity contribution in [2.45, 2.75) is 39.7 Å². The maximum Gasteiger partial charge on any atom is 0.305 e. The molecule has 0 bridgehead atoms. The molecular weight excluding hydrogens is 226 g/mol. The van der Waals surface area contributed by atoms with Crippen molar-refractivity contribution in [3.05, 3.63) is 35.4 Å². The predicted molar refractivity (Wildman–Crippen MR) is 73.4 cm³/mol. The van der Waals surface area contributed by atoms with Crippen LogP contribution < -0.4 is 5.32 Å². The van der Waals surface area contributed by atoms with Gasteiger partial charge in [0.2, 0.25) is 0 Å². The highest BCUT2D eigenvalue weighted by Gasteiger charge is 2.01. The number of nitrogens with one attached hydrogen (secondary N) is 1. The van der Waals surface area contributed by atoms with E-state index in [1.54, 1.807) is 0 Å². The number of hydrogen-bond donors (Lipinski definition) is 1. The first-order valence-electron chi connectivity index (χ1n) is 6.65. The summed E-state index contributed by atoms with van der Waals surface area (Å²) in [6.45, 7) is 6.14. The summed E-state index contributed by atoms with van der Waals surface area (Å²) in [5.74, 6) is -0.0884. The Kier molecular flexibility index (Phi) is 7.11. The van der Waals surface area contributed by atoms with E-state index in [0.717, 1.165) is 19.4 Å². The molecule has 3 heteroatoms. The van der Waals surface area contributed by atoms with Crippen molar-refractivity contribution in [2.75, 3.05) is 13.2 Å². The van der Waals surface area contributed by atoms with Crippen molar-refractivity contribution < 1.29 is 9.53 Å². The molecule has 18 heavy (non-hydrogen) atoms. The Bertz CT molecular complexity index is 363. The molecule has 0 heterocycles. The minimum atomic E-state index is -0.0884. The molecule has 0 unspecified atom stereocenters. The van der Waals surface area contributed by atoms with Crippen LogP contribution in [0.15, 0.2) is 24.3 Å². The molecule has 3 nitrogen and oxygen atoms in total. The van der Waals surface area contributed by atoms with Crippen LogP contribution in [0.3, 0.4) is 0 Å². The van der Waals surface area contributed by atoms with Gasteiger partial charge in [-0.2, -0.15) is 0 Å². The fraction of sp³-hybridized carbons (Fsp3) is 0.533. The Balaban J connectivity index is 2.09. The molecule has 1 N–H and O–H groups in total. The molecule has 0 atom stereocenters. The van der Waals surface area contributed by atoms with Gasteiger partial charge in [-0.3, -0.25) is 4.79 Å². The number of carbonyl (C=O) groups excluding carboxylic acids is 1. The number of esters is 1. The Morgan fingerprint density at radius 1 is 1.33 bits per heavy atom. The van der Waals surface area contributed by atoms with Crippen LogP contribution in [0.4, 0.5) is 0 Å². The lowest BCUT2D eigenvalue weighted by atomic mass is 10.1. The average molecular weight is 249 g/mol. The van der Waals surface area contributed by atoms with E-state index in [-0.39, 0.29) is 5.97 Å². The van der Waals surface area contributed by atoms with Crippen LogP contribution in [0.25, 0.3) is 0 Å². The quantitative estimate of drug-likeness (QED) is 0.568. The SMILES string of the molecule is CCCCC(=O)OCCNCc1ccccc1C. The zero-order valence-electron chi connectivity index (χ0n) is 11.4. The van der Waals surface area contributed by atoms with Gasteiger partial charge in [-0.15, -0.1) is 0 Å². The molecule has 0 saturated carbocycles. The fourth-order valence-electron chi connectivity index (χ4n) is 1.66. The van der Waals surface area contributed by atoms with Crippen molar-refractivity contribution in [3.8, 4) is 0 Å². The Labute approximate surface area is 110 Å². The highest BCUT2D eigenvalue weighted by atomic mass is 16.5. The summed E-state index contributed by atoms with van der Waals surface area (Å²) in [4.78, 5) is 11.2. The van der Waals surface area contributed by atoms with Crippen LogP contribution >= 0.6 is 0 Å². The number of hydrogen-bond acceptors (Lipinski definition) is 3. The van der Waals surface area contributed by atoms with E-state index in [1.165, 1.54) is 11.1 Å². The summed E-state index contributed by atoms with van der Waals surface area (Å²) in [6.07, 6.45) is 2.48. The normalized spacial score (nSPS) is 10.3. The van der Waals surface area contributed by atoms with Crippen molar-refractivity contribution in [2.24, 2.45) is 0 Å².